The summed E-state index contributed by atoms with van der Waals surface area (Å²) in [6.45, 7) is 0. The first-order chi connectivity index (χ1) is 4.18. The molecule has 3 N–H and O–H groups in total. The van der Waals surface area contributed by atoms with Crippen molar-refractivity contribution in [3.8, 4) is 0 Å². The van der Waals surface area contributed by atoms with E-state index in [0.29, 0.717) is 6.42 Å². The van der Waals surface area contributed by atoms with Crippen LogP contribution >= 0.6 is 11.8 Å². The van der Waals surface area contributed by atoms with Gasteiger partial charge in [0.1, 0.15) is 6.04 Å². The Morgan fingerprint density at radius 2 is 2.09 bits per heavy atom. The molecule has 0 radical (unpaired) electrons. The van der Waals surface area contributed by atoms with Crippen molar-refractivity contribution in [3.05, 3.63) is 0 Å². The van der Waals surface area contributed by atoms with Gasteiger partial charge in [-0.2, -0.15) is 11.8 Å². The Bertz CT molecular complexity index is 104. The SMILES string of the molecule is CSCC[C@H](N)C(=O)O.[KH].[KH]. The number of rotatable bonds is 4. The van der Waals surface area contributed by atoms with E-state index in [0.717, 1.165) is 5.75 Å². The zero-order valence-electron chi connectivity index (χ0n) is 5.33. The van der Waals surface area contributed by atoms with E-state index >= 15 is 0 Å². The summed E-state index contributed by atoms with van der Waals surface area (Å²) in [5.74, 6) is -0.1000. The molecule has 0 aromatic heterocycles. The van der Waals surface area contributed by atoms with Gasteiger partial charge in [-0.3, -0.25) is 4.79 Å². The topological polar surface area (TPSA) is 63.3 Å². The summed E-state index contributed by atoms with van der Waals surface area (Å²) in [6.07, 6.45) is 2.48. The molecule has 0 aliphatic carbocycles. The maximum atomic E-state index is 10.1. The van der Waals surface area contributed by atoms with Gasteiger partial charge in [0.25, 0.3) is 0 Å². The van der Waals surface area contributed by atoms with Crippen LogP contribution in [0.2, 0.25) is 0 Å². The molecule has 11 heavy (non-hydrogen) atoms. The van der Waals surface area contributed by atoms with Crippen LogP contribution in [0.4, 0.5) is 0 Å². The molecule has 0 amide bonds. The van der Waals surface area contributed by atoms with E-state index in [4.69, 9.17) is 10.8 Å². The van der Waals surface area contributed by atoms with Gasteiger partial charge >= 0.3 is 109 Å². The van der Waals surface area contributed by atoms with Crippen molar-refractivity contribution in [2.75, 3.05) is 12.0 Å². The molecule has 6 heteroatoms. The summed E-state index contributed by atoms with van der Waals surface area (Å²) < 4.78 is 0. The van der Waals surface area contributed by atoms with E-state index < -0.39 is 12.0 Å². The Morgan fingerprint density at radius 1 is 1.64 bits per heavy atom. The number of hydrogen-bond donors (Lipinski definition) is 2. The Morgan fingerprint density at radius 3 is 2.36 bits per heavy atom. The number of thioether (sulfide) groups is 1. The zero-order valence-corrected chi connectivity index (χ0v) is 6.15. The molecule has 0 rings (SSSR count). The molecule has 0 saturated heterocycles. The van der Waals surface area contributed by atoms with Crippen LogP contribution in [-0.4, -0.2) is 132 Å². The van der Waals surface area contributed by atoms with Gasteiger partial charge < -0.3 is 10.8 Å². The third-order valence-corrected chi connectivity index (χ3v) is 1.59. The fourth-order valence-electron chi connectivity index (χ4n) is 0.368. The Kier molecular flexibility index (Phi) is 23.3. The first-order valence-electron chi connectivity index (χ1n) is 2.65. The molecule has 0 heterocycles. The normalized spacial score (nSPS) is 10.7. The van der Waals surface area contributed by atoms with E-state index in [1.54, 1.807) is 11.8 Å². The maximum absolute atomic E-state index is 10.1. The Labute approximate surface area is 156 Å². The summed E-state index contributed by atoms with van der Waals surface area (Å²) in [5.41, 5.74) is 5.19. The van der Waals surface area contributed by atoms with E-state index in [1.807, 2.05) is 6.26 Å². The van der Waals surface area contributed by atoms with Crippen LogP contribution in [0.15, 0.2) is 0 Å². The Balaban J connectivity index is -0.000000320. The van der Waals surface area contributed by atoms with Crippen molar-refractivity contribution in [2.24, 2.45) is 5.73 Å². The van der Waals surface area contributed by atoms with Crippen LogP contribution in [0.5, 0.6) is 0 Å². The standard InChI is InChI=1S/C5H11NO2S.2K.2H/c1-9-3-2-4(6)5(7)8;;;;/h4H,2-3,6H2,1H3,(H,7,8);;;;/t4-;;;;/m0..../s1. The van der Waals surface area contributed by atoms with Gasteiger partial charge in [-0.1, -0.05) is 0 Å². The minimum atomic E-state index is -0.913. The predicted octanol–water partition coefficient (Wildman–Crippen LogP) is -1.15. The van der Waals surface area contributed by atoms with Gasteiger partial charge in [0.2, 0.25) is 0 Å². The average Bonchev–Trinajstić information content (AvgIpc) is 1.82. The Hall–Kier alpha value is 3.05. The van der Waals surface area contributed by atoms with Crippen LogP contribution in [0.1, 0.15) is 6.42 Å². The molecule has 0 aliphatic rings. The third-order valence-electron chi connectivity index (χ3n) is 0.950. The van der Waals surface area contributed by atoms with Crippen LogP contribution in [0.3, 0.4) is 0 Å². The van der Waals surface area contributed by atoms with Crippen LogP contribution < -0.4 is 5.73 Å². The summed E-state index contributed by atoms with van der Waals surface area (Å²) in [5, 5.41) is 8.27. The van der Waals surface area contributed by atoms with Crippen LogP contribution in [0, 0.1) is 0 Å². The summed E-state index contributed by atoms with van der Waals surface area (Å²) in [4.78, 5) is 10.1. The molecule has 0 aliphatic heterocycles. The summed E-state index contributed by atoms with van der Waals surface area (Å²) in [7, 11) is 0. The third kappa shape index (κ3) is 13.1. The minimum absolute atomic E-state index is 0. The molecule has 58 valence electrons. The molecule has 0 fully saturated rings. The van der Waals surface area contributed by atoms with E-state index in [9.17, 15) is 4.79 Å². The second-order valence-electron chi connectivity index (χ2n) is 1.73. The van der Waals surface area contributed by atoms with Gasteiger partial charge in [-0.25, -0.2) is 0 Å². The number of carboxylic acids is 1. The van der Waals surface area contributed by atoms with Crippen molar-refractivity contribution in [3.63, 3.8) is 0 Å². The molecule has 1 atom stereocenters. The molecule has 3 nitrogen and oxygen atoms in total. The van der Waals surface area contributed by atoms with E-state index in [-0.39, 0.29) is 103 Å². The number of carbonyl (C=O) groups is 1. The van der Waals surface area contributed by atoms with Gasteiger partial charge in [-0.05, 0) is 18.4 Å². The number of nitrogens with two attached hydrogens (primary N) is 1. The van der Waals surface area contributed by atoms with Crippen molar-refractivity contribution in [1.29, 1.82) is 0 Å². The first-order valence-corrected chi connectivity index (χ1v) is 4.05. The molecule has 0 spiro atoms. The van der Waals surface area contributed by atoms with Gasteiger partial charge in [0, 0.05) is 0 Å². The molecular weight excluding hydrogens is 216 g/mol. The fourth-order valence-corrected chi connectivity index (χ4v) is 0.858. The van der Waals surface area contributed by atoms with Crippen molar-refractivity contribution in [2.45, 2.75) is 12.5 Å². The molecular formula is C5H13K2NO2S. The molecule has 0 aromatic carbocycles. The van der Waals surface area contributed by atoms with Crippen molar-refractivity contribution >= 4 is 121 Å². The van der Waals surface area contributed by atoms with Crippen molar-refractivity contribution in [1.82, 2.24) is 0 Å². The zero-order chi connectivity index (χ0) is 7.28. The predicted molar refractivity (Wildman–Crippen MR) is 52.9 cm³/mol. The second kappa shape index (κ2) is 13.1. The average molecular weight is 229 g/mol. The van der Waals surface area contributed by atoms with E-state index in [2.05, 4.69) is 0 Å². The molecule has 0 saturated carbocycles. The van der Waals surface area contributed by atoms with Crippen molar-refractivity contribution < 1.29 is 9.90 Å². The fraction of sp³-hybridized carbons (Fsp3) is 0.800. The second-order valence-corrected chi connectivity index (χ2v) is 2.71. The molecule has 0 aromatic rings. The van der Waals surface area contributed by atoms with Gasteiger partial charge in [0.15, 0.2) is 0 Å². The van der Waals surface area contributed by atoms with E-state index in [1.165, 1.54) is 0 Å². The van der Waals surface area contributed by atoms with Crippen LogP contribution in [0.25, 0.3) is 0 Å². The summed E-state index contributed by atoms with van der Waals surface area (Å²) in [6, 6.07) is -0.683. The quantitative estimate of drug-likeness (QED) is 0.598. The number of hydrogen-bond acceptors (Lipinski definition) is 3. The van der Waals surface area contributed by atoms with Gasteiger partial charge in [-0.15, -0.1) is 0 Å². The van der Waals surface area contributed by atoms with Crippen LogP contribution in [-0.2, 0) is 4.79 Å². The molecule has 0 bridgehead atoms. The first kappa shape index (κ1) is 19.6. The number of aliphatic carboxylic acids is 1. The summed E-state index contributed by atoms with van der Waals surface area (Å²) >= 11 is 1.60. The monoisotopic (exact) mass is 229 g/mol. The number of carboxylic acid groups (broad SMARTS) is 1. The molecule has 0 unspecified atom stereocenters. The van der Waals surface area contributed by atoms with Gasteiger partial charge in [0.05, 0.1) is 0 Å².